The first-order valence-electron chi connectivity index (χ1n) is 9.97. The number of urea groups is 1. The summed E-state index contributed by atoms with van der Waals surface area (Å²) in [7, 11) is 2.11. The van der Waals surface area contributed by atoms with Crippen LogP contribution in [0, 0.1) is 0 Å². The predicted octanol–water partition coefficient (Wildman–Crippen LogP) is 4.47. The van der Waals surface area contributed by atoms with Gasteiger partial charge in [-0.25, -0.2) is 9.78 Å². The second-order valence-electron chi connectivity index (χ2n) is 6.88. The van der Waals surface area contributed by atoms with Crippen LogP contribution < -0.4 is 10.6 Å². The van der Waals surface area contributed by atoms with Crippen LogP contribution >= 0.6 is 0 Å². The van der Waals surface area contributed by atoms with Gasteiger partial charge in [0.2, 0.25) is 0 Å². The fourth-order valence-electron chi connectivity index (χ4n) is 3.35. The molecule has 0 atom stereocenters. The van der Waals surface area contributed by atoms with Gasteiger partial charge < -0.3 is 20.5 Å². The van der Waals surface area contributed by atoms with Gasteiger partial charge in [0.05, 0.1) is 0 Å². The van der Waals surface area contributed by atoms with Gasteiger partial charge in [-0.1, -0.05) is 26.0 Å². The van der Waals surface area contributed by atoms with E-state index in [-0.39, 0.29) is 12.1 Å². The summed E-state index contributed by atoms with van der Waals surface area (Å²) in [6.07, 6.45) is 3.77. The number of anilines is 1. The SMILES string of the molecule is CC.CN1CCC(NC(=O)Nc2ccc(-c3cc4cccnc4[nH]3)cc2)CC1. The summed E-state index contributed by atoms with van der Waals surface area (Å²) in [6.45, 7) is 6.05. The highest BCUT2D eigenvalue weighted by atomic mass is 16.2. The lowest BCUT2D eigenvalue weighted by atomic mass is 10.1. The maximum atomic E-state index is 12.2. The Balaban J connectivity index is 0.00000109. The summed E-state index contributed by atoms with van der Waals surface area (Å²) >= 11 is 0. The molecule has 4 rings (SSSR count). The van der Waals surface area contributed by atoms with Crippen molar-refractivity contribution in [2.45, 2.75) is 32.7 Å². The van der Waals surface area contributed by atoms with E-state index in [2.05, 4.69) is 38.6 Å². The van der Waals surface area contributed by atoms with E-state index >= 15 is 0 Å². The highest BCUT2D eigenvalue weighted by molar-refractivity contribution is 5.90. The van der Waals surface area contributed by atoms with Crippen molar-refractivity contribution in [3.05, 3.63) is 48.7 Å². The van der Waals surface area contributed by atoms with Crippen LogP contribution in [-0.2, 0) is 0 Å². The van der Waals surface area contributed by atoms with E-state index in [0.29, 0.717) is 0 Å². The Hall–Kier alpha value is -2.86. The number of carbonyl (C=O) groups excluding carboxylic acids is 1. The molecule has 0 aliphatic carbocycles. The van der Waals surface area contributed by atoms with E-state index in [1.165, 1.54) is 0 Å². The molecule has 148 valence electrons. The van der Waals surface area contributed by atoms with Gasteiger partial charge in [-0.3, -0.25) is 0 Å². The van der Waals surface area contributed by atoms with Gasteiger partial charge in [0.1, 0.15) is 5.65 Å². The second kappa shape index (κ2) is 9.37. The third-order valence-electron chi connectivity index (χ3n) is 4.90. The number of hydrogen-bond donors (Lipinski definition) is 3. The number of H-pyrrole nitrogens is 1. The quantitative estimate of drug-likeness (QED) is 0.628. The average Bonchev–Trinajstić information content (AvgIpc) is 3.16. The molecule has 1 saturated heterocycles. The number of amides is 2. The minimum Gasteiger partial charge on any atom is -0.339 e. The topological polar surface area (TPSA) is 73.1 Å². The lowest BCUT2D eigenvalue weighted by Crippen LogP contribution is -2.44. The summed E-state index contributed by atoms with van der Waals surface area (Å²) in [5.41, 5.74) is 3.74. The van der Waals surface area contributed by atoms with Crippen LogP contribution in [0.1, 0.15) is 26.7 Å². The van der Waals surface area contributed by atoms with Gasteiger partial charge in [-0.15, -0.1) is 0 Å². The number of hydrogen-bond acceptors (Lipinski definition) is 3. The molecule has 2 aromatic heterocycles. The normalized spacial score (nSPS) is 15.0. The van der Waals surface area contributed by atoms with Crippen LogP contribution in [0.15, 0.2) is 48.7 Å². The molecule has 28 heavy (non-hydrogen) atoms. The Bertz CT molecular complexity index is 862. The number of fused-ring (bicyclic) bond motifs is 1. The van der Waals surface area contributed by atoms with E-state index in [1.807, 2.05) is 50.2 Å². The molecular weight excluding hydrogens is 350 g/mol. The maximum Gasteiger partial charge on any atom is 0.319 e. The zero-order valence-electron chi connectivity index (χ0n) is 16.8. The molecule has 3 heterocycles. The number of carbonyl (C=O) groups is 1. The molecule has 0 saturated carbocycles. The lowest BCUT2D eigenvalue weighted by molar-refractivity contribution is 0.221. The number of likely N-dealkylation sites (tertiary alicyclic amines) is 1. The predicted molar refractivity (Wildman–Crippen MR) is 116 cm³/mol. The van der Waals surface area contributed by atoms with Gasteiger partial charge in [0.25, 0.3) is 0 Å². The lowest BCUT2D eigenvalue weighted by Gasteiger charge is -2.29. The molecule has 0 radical (unpaired) electrons. The van der Waals surface area contributed by atoms with Crippen LogP contribution in [0.3, 0.4) is 0 Å². The molecule has 1 aliphatic heterocycles. The molecular formula is C22H29N5O. The number of piperidine rings is 1. The van der Waals surface area contributed by atoms with E-state index in [4.69, 9.17) is 0 Å². The van der Waals surface area contributed by atoms with Crippen molar-refractivity contribution >= 4 is 22.8 Å². The number of nitrogens with zero attached hydrogens (tertiary/aromatic N) is 2. The Morgan fingerprint density at radius 1 is 1.14 bits per heavy atom. The zero-order chi connectivity index (χ0) is 19.9. The van der Waals surface area contributed by atoms with Crippen molar-refractivity contribution in [2.75, 3.05) is 25.5 Å². The molecule has 3 N–H and O–H groups in total. The molecule has 6 nitrogen and oxygen atoms in total. The third-order valence-corrected chi connectivity index (χ3v) is 4.90. The van der Waals surface area contributed by atoms with Gasteiger partial charge in [0.15, 0.2) is 0 Å². The van der Waals surface area contributed by atoms with Crippen LogP contribution in [-0.4, -0.2) is 47.1 Å². The number of aromatic amines is 1. The van der Waals surface area contributed by atoms with Crippen molar-refractivity contribution in [1.82, 2.24) is 20.2 Å². The minimum atomic E-state index is -0.137. The van der Waals surface area contributed by atoms with E-state index in [0.717, 1.165) is 53.9 Å². The molecule has 2 amide bonds. The molecule has 0 unspecified atom stereocenters. The average molecular weight is 380 g/mol. The van der Waals surface area contributed by atoms with Crippen LogP contribution in [0.2, 0.25) is 0 Å². The van der Waals surface area contributed by atoms with Crippen molar-refractivity contribution < 1.29 is 4.79 Å². The molecule has 3 aromatic rings. The molecule has 6 heteroatoms. The standard InChI is InChI=1S/C20H23N5O.C2H6/c1-25-11-8-17(9-12-25)23-20(26)22-16-6-4-14(5-7-16)18-13-15-3-2-10-21-19(15)24-18;1-2/h2-7,10,13,17H,8-9,11-12H2,1H3,(H,21,24)(H2,22,23,26);1-2H3. The Morgan fingerprint density at radius 2 is 1.86 bits per heavy atom. The minimum absolute atomic E-state index is 0.137. The zero-order valence-corrected chi connectivity index (χ0v) is 16.8. The van der Waals surface area contributed by atoms with Crippen LogP contribution in [0.25, 0.3) is 22.3 Å². The van der Waals surface area contributed by atoms with Crippen molar-refractivity contribution in [3.63, 3.8) is 0 Å². The highest BCUT2D eigenvalue weighted by Gasteiger charge is 2.18. The summed E-state index contributed by atoms with van der Waals surface area (Å²) < 4.78 is 0. The fraction of sp³-hybridized carbons (Fsp3) is 0.364. The largest absolute Gasteiger partial charge is 0.339 e. The van der Waals surface area contributed by atoms with Gasteiger partial charge in [-0.05, 0) is 68.9 Å². The molecule has 1 fully saturated rings. The Kier molecular flexibility index (Phi) is 6.66. The maximum absolute atomic E-state index is 12.2. The molecule has 0 bridgehead atoms. The van der Waals surface area contributed by atoms with Gasteiger partial charge >= 0.3 is 6.03 Å². The van der Waals surface area contributed by atoms with Gasteiger partial charge in [0, 0.05) is 29.0 Å². The van der Waals surface area contributed by atoms with E-state index < -0.39 is 0 Å². The van der Waals surface area contributed by atoms with Crippen LogP contribution in [0.4, 0.5) is 10.5 Å². The number of rotatable bonds is 3. The molecule has 1 aromatic carbocycles. The summed E-state index contributed by atoms with van der Waals surface area (Å²) in [6, 6.07) is 14.0. The van der Waals surface area contributed by atoms with Crippen molar-refractivity contribution in [1.29, 1.82) is 0 Å². The van der Waals surface area contributed by atoms with Crippen molar-refractivity contribution in [3.8, 4) is 11.3 Å². The number of nitrogens with one attached hydrogen (secondary N) is 3. The van der Waals surface area contributed by atoms with E-state index in [9.17, 15) is 4.79 Å². The van der Waals surface area contributed by atoms with Gasteiger partial charge in [-0.2, -0.15) is 0 Å². The van der Waals surface area contributed by atoms with E-state index in [1.54, 1.807) is 6.20 Å². The number of aromatic nitrogens is 2. The van der Waals surface area contributed by atoms with Crippen LogP contribution in [0.5, 0.6) is 0 Å². The smallest absolute Gasteiger partial charge is 0.319 e. The monoisotopic (exact) mass is 379 g/mol. The Morgan fingerprint density at radius 3 is 2.54 bits per heavy atom. The first-order valence-corrected chi connectivity index (χ1v) is 9.97. The molecule has 0 spiro atoms. The number of pyridine rings is 1. The first kappa shape index (κ1) is 19.9. The summed E-state index contributed by atoms with van der Waals surface area (Å²) in [5, 5.41) is 7.07. The summed E-state index contributed by atoms with van der Waals surface area (Å²) in [4.78, 5) is 22.1. The highest BCUT2D eigenvalue weighted by Crippen LogP contribution is 2.24. The van der Waals surface area contributed by atoms with Crippen molar-refractivity contribution in [2.24, 2.45) is 0 Å². The first-order chi connectivity index (χ1) is 13.7. The molecule has 1 aliphatic rings. The second-order valence-corrected chi connectivity index (χ2v) is 6.88. The Labute approximate surface area is 166 Å². The number of benzene rings is 1. The summed E-state index contributed by atoms with van der Waals surface area (Å²) in [5.74, 6) is 0. The third kappa shape index (κ3) is 4.89. The fourth-order valence-corrected chi connectivity index (χ4v) is 3.35.